The molecule has 2 heterocycles. The lowest BCUT2D eigenvalue weighted by atomic mass is 10.1. The first-order valence-electron chi connectivity index (χ1n) is 6.16. The van der Waals surface area contributed by atoms with Crippen molar-refractivity contribution in [3.05, 3.63) is 58.4 Å². The van der Waals surface area contributed by atoms with Crippen LogP contribution in [0.15, 0.2) is 48.0 Å². The maximum Gasteiger partial charge on any atom is 0.0457 e. The summed E-state index contributed by atoms with van der Waals surface area (Å²) in [6, 6.07) is 13.2. The molecule has 3 heteroatoms. The molecule has 3 aromatic rings. The van der Waals surface area contributed by atoms with E-state index >= 15 is 0 Å². The molecule has 0 amide bonds. The highest BCUT2D eigenvalue weighted by Gasteiger charge is 2.07. The van der Waals surface area contributed by atoms with Crippen molar-refractivity contribution < 1.29 is 0 Å². The van der Waals surface area contributed by atoms with E-state index < -0.39 is 0 Å². The first-order valence-corrected chi connectivity index (χ1v) is 7.04. The summed E-state index contributed by atoms with van der Waals surface area (Å²) in [7, 11) is 0. The Morgan fingerprint density at radius 1 is 1.22 bits per heavy atom. The Kier molecular flexibility index (Phi) is 3.17. The number of benzene rings is 1. The van der Waals surface area contributed by atoms with Gasteiger partial charge in [0.05, 0.1) is 0 Å². The lowest BCUT2D eigenvalue weighted by molar-refractivity contribution is 0.585. The molecule has 0 saturated carbocycles. The fraction of sp³-hybridized carbons (Fsp3) is 0.200. The Labute approximate surface area is 111 Å². The molecule has 0 fully saturated rings. The first kappa shape index (κ1) is 11.5. The fourth-order valence-electron chi connectivity index (χ4n) is 2.21. The largest absolute Gasteiger partial charge is 0.361 e. The Hall–Kier alpha value is -1.58. The van der Waals surface area contributed by atoms with Gasteiger partial charge in [-0.1, -0.05) is 18.2 Å². The Morgan fingerprint density at radius 3 is 3.00 bits per heavy atom. The molecular weight excluding hydrogens is 240 g/mol. The maximum atomic E-state index is 3.58. The molecule has 0 saturated heterocycles. The van der Waals surface area contributed by atoms with Gasteiger partial charge < -0.3 is 10.3 Å². The molecule has 1 aromatic carbocycles. The lowest BCUT2D eigenvalue weighted by Crippen LogP contribution is -2.17. The molecule has 0 radical (unpaired) electrons. The summed E-state index contributed by atoms with van der Waals surface area (Å²) >= 11 is 1.80. The van der Waals surface area contributed by atoms with Gasteiger partial charge in [-0.25, -0.2) is 0 Å². The number of rotatable bonds is 4. The number of nitrogens with one attached hydrogen (secondary N) is 2. The van der Waals surface area contributed by atoms with Gasteiger partial charge in [0.2, 0.25) is 0 Å². The maximum absolute atomic E-state index is 3.58. The van der Waals surface area contributed by atoms with E-state index in [1.807, 2.05) is 6.20 Å². The third kappa shape index (κ3) is 2.19. The highest BCUT2D eigenvalue weighted by atomic mass is 32.1. The highest BCUT2D eigenvalue weighted by molar-refractivity contribution is 7.10. The lowest BCUT2D eigenvalue weighted by Gasteiger charge is -2.12. The van der Waals surface area contributed by atoms with Crippen LogP contribution < -0.4 is 5.32 Å². The standard InChI is InChI=1S/C15H16N2S/c1-11(15-6-3-9-18-15)17-10-12-4-2-5-14-13(12)7-8-16-14/h2-9,11,16-17H,10H2,1H3/t11-/m1/s1. The van der Waals surface area contributed by atoms with Gasteiger partial charge in [-0.05, 0) is 36.1 Å². The third-order valence-electron chi connectivity index (χ3n) is 3.25. The Morgan fingerprint density at radius 2 is 2.17 bits per heavy atom. The van der Waals surface area contributed by atoms with Gasteiger partial charge in [0.15, 0.2) is 0 Å². The molecule has 0 aliphatic carbocycles. The average Bonchev–Trinajstić information content (AvgIpc) is 3.05. The van der Waals surface area contributed by atoms with Crippen LogP contribution in [0, 0.1) is 0 Å². The van der Waals surface area contributed by atoms with Gasteiger partial charge in [0.1, 0.15) is 0 Å². The molecule has 0 aliphatic heterocycles. The topological polar surface area (TPSA) is 27.8 Å². The van der Waals surface area contributed by atoms with Crippen LogP contribution in [0.1, 0.15) is 23.4 Å². The molecule has 0 aliphatic rings. The van der Waals surface area contributed by atoms with Gasteiger partial charge in [0, 0.05) is 34.6 Å². The molecule has 0 spiro atoms. The van der Waals surface area contributed by atoms with Gasteiger partial charge in [-0.15, -0.1) is 11.3 Å². The van der Waals surface area contributed by atoms with Crippen LogP contribution in [0.2, 0.25) is 0 Å². The molecule has 2 N–H and O–H groups in total. The number of fused-ring (bicyclic) bond motifs is 1. The molecule has 2 nitrogen and oxygen atoms in total. The molecule has 92 valence electrons. The van der Waals surface area contributed by atoms with Crippen molar-refractivity contribution >= 4 is 22.2 Å². The summed E-state index contributed by atoms with van der Waals surface area (Å²) in [5.41, 5.74) is 2.55. The van der Waals surface area contributed by atoms with Crippen molar-refractivity contribution in [2.24, 2.45) is 0 Å². The van der Waals surface area contributed by atoms with E-state index in [-0.39, 0.29) is 0 Å². The van der Waals surface area contributed by atoms with Crippen molar-refractivity contribution in [2.45, 2.75) is 19.5 Å². The summed E-state index contributed by atoms with van der Waals surface area (Å²) in [4.78, 5) is 4.63. The van der Waals surface area contributed by atoms with Gasteiger partial charge in [-0.3, -0.25) is 0 Å². The van der Waals surface area contributed by atoms with Crippen molar-refractivity contribution in [3.8, 4) is 0 Å². The van der Waals surface area contributed by atoms with E-state index in [9.17, 15) is 0 Å². The first-order chi connectivity index (χ1) is 8.84. The normalized spacial score (nSPS) is 12.9. The van der Waals surface area contributed by atoms with E-state index in [4.69, 9.17) is 0 Å². The van der Waals surface area contributed by atoms with Gasteiger partial charge in [-0.2, -0.15) is 0 Å². The minimum atomic E-state index is 0.402. The van der Waals surface area contributed by atoms with E-state index in [0.29, 0.717) is 6.04 Å². The van der Waals surface area contributed by atoms with Crippen LogP contribution in [0.4, 0.5) is 0 Å². The average molecular weight is 256 g/mol. The summed E-state index contributed by atoms with van der Waals surface area (Å²) in [5, 5.41) is 7.01. The fourth-order valence-corrected chi connectivity index (χ4v) is 2.96. The minimum absolute atomic E-state index is 0.402. The monoisotopic (exact) mass is 256 g/mol. The zero-order chi connectivity index (χ0) is 12.4. The van der Waals surface area contributed by atoms with E-state index in [2.05, 4.69) is 59.0 Å². The Bertz CT molecular complexity index is 625. The van der Waals surface area contributed by atoms with Crippen LogP contribution in [-0.4, -0.2) is 4.98 Å². The van der Waals surface area contributed by atoms with Crippen molar-refractivity contribution in [3.63, 3.8) is 0 Å². The van der Waals surface area contributed by atoms with Crippen LogP contribution in [-0.2, 0) is 6.54 Å². The number of hydrogen-bond donors (Lipinski definition) is 2. The highest BCUT2D eigenvalue weighted by Crippen LogP contribution is 2.21. The number of aromatic nitrogens is 1. The second-order valence-corrected chi connectivity index (χ2v) is 5.45. The zero-order valence-electron chi connectivity index (χ0n) is 10.3. The minimum Gasteiger partial charge on any atom is -0.361 e. The number of thiophene rings is 1. The second kappa shape index (κ2) is 4.96. The Balaban J connectivity index is 1.75. The number of hydrogen-bond acceptors (Lipinski definition) is 2. The molecule has 18 heavy (non-hydrogen) atoms. The number of H-pyrrole nitrogens is 1. The van der Waals surface area contributed by atoms with E-state index in [1.165, 1.54) is 21.3 Å². The zero-order valence-corrected chi connectivity index (χ0v) is 11.1. The SMILES string of the molecule is C[C@@H](NCc1cccc2[nH]ccc12)c1cccs1. The smallest absolute Gasteiger partial charge is 0.0457 e. The van der Waals surface area contributed by atoms with Crippen LogP contribution in [0.25, 0.3) is 10.9 Å². The predicted octanol–water partition coefficient (Wildman–Crippen LogP) is 4.08. The number of aromatic amines is 1. The molecule has 2 aromatic heterocycles. The van der Waals surface area contributed by atoms with Crippen LogP contribution in [0.5, 0.6) is 0 Å². The summed E-state index contributed by atoms with van der Waals surface area (Å²) in [5.74, 6) is 0. The summed E-state index contributed by atoms with van der Waals surface area (Å²) in [6.07, 6.45) is 2.00. The van der Waals surface area contributed by atoms with Crippen LogP contribution in [0.3, 0.4) is 0 Å². The van der Waals surface area contributed by atoms with E-state index in [1.54, 1.807) is 11.3 Å². The molecule has 0 bridgehead atoms. The van der Waals surface area contributed by atoms with Gasteiger partial charge >= 0.3 is 0 Å². The molecule has 1 atom stereocenters. The third-order valence-corrected chi connectivity index (χ3v) is 4.31. The molecule has 0 unspecified atom stereocenters. The van der Waals surface area contributed by atoms with Gasteiger partial charge in [0.25, 0.3) is 0 Å². The molecular formula is C15H16N2S. The summed E-state index contributed by atoms with van der Waals surface area (Å²) in [6.45, 7) is 3.11. The predicted molar refractivity (Wildman–Crippen MR) is 77.9 cm³/mol. The quantitative estimate of drug-likeness (QED) is 0.723. The van der Waals surface area contributed by atoms with Crippen molar-refractivity contribution in [1.82, 2.24) is 10.3 Å². The van der Waals surface area contributed by atoms with Crippen molar-refractivity contribution in [2.75, 3.05) is 0 Å². The van der Waals surface area contributed by atoms with Crippen molar-refractivity contribution in [1.29, 1.82) is 0 Å². The van der Waals surface area contributed by atoms with Crippen LogP contribution >= 0.6 is 11.3 Å². The van der Waals surface area contributed by atoms with E-state index in [0.717, 1.165) is 6.54 Å². The molecule has 3 rings (SSSR count). The second-order valence-electron chi connectivity index (χ2n) is 4.47. The summed E-state index contributed by atoms with van der Waals surface area (Å²) < 4.78 is 0.